The number of carbonyl (C=O) groups is 1. The molecule has 3 N–H and O–H groups in total. The minimum absolute atomic E-state index is 0.170. The number of nitrogen functional groups attached to an aromatic ring is 1. The Bertz CT molecular complexity index is 1700. The second kappa shape index (κ2) is 10.5. The van der Waals surface area contributed by atoms with Gasteiger partial charge in [0.2, 0.25) is 0 Å². The number of likely N-dealkylation sites (N-methyl/N-ethyl adjacent to an activating group) is 1. The molecule has 0 aliphatic carbocycles. The second-order valence-electron chi connectivity index (χ2n) is 10.0. The number of nitrogens with zero attached hydrogens (tertiary/aromatic N) is 7. The summed E-state index contributed by atoms with van der Waals surface area (Å²) in [5, 5.41) is 13.8. The number of benzene rings is 2. The molecule has 0 spiro atoms. The van der Waals surface area contributed by atoms with E-state index in [2.05, 4.69) is 22.4 Å². The van der Waals surface area contributed by atoms with Gasteiger partial charge in [-0.1, -0.05) is 11.6 Å². The van der Waals surface area contributed by atoms with Crippen molar-refractivity contribution in [2.45, 2.75) is 47.3 Å². The molecule has 5 rings (SSSR count). The molecular formula is C29H35N9O. The number of aromatic nitrogens is 6. The Labute approximate surface area is 227 Å². The molecule has 10 nitrogen and oxygen atoms in total. The Balaban J connectivity index is 1.60. The lowest BCUT2D eigenvalue weighted by Crippen LogP contribution is -2.28. The van der Waals surface area contributed by atoms with Crippen LogP contribution in [0, 0.1) is 20.8 Å². The van der Waals surface area contributed by atoms with Crippen LogP contribution in [0.1, 0.15) is 39.8 Å². The third kappa shape index (κ3) is 4.83. The van der Waals surface area contributed by atoms with Gasteiger partial charge in [-0.05, 0) is 64.6 Å². The first kappa shape index (κ1) is 26.3. The van der Waals surface area contributed by atoms with Crippen LogP contribution < -0.4 is 11.1 Å². The number of amides is 1. The molecule has 0 saturated carbocycles. The Morgan fingerprint density at radius 1 is 1.05 bits per heavy atom. The van der Waals surface area contributed by atoms with Crippen molar-refractivity contribution in [3.63, 3.8) is 0 Å². The van der Waals surface area contributed by atoms with Gasteiger partial charge in [-0.2, -0.15) is 10.2 Å². The molecule has 3 aromatic heterocycles. The average Bonchev–Trinajstić information content (AvgIpc) is 3.43. The molecule has 0 fully saturated rings. The molecule has 3 heterocycles. The van der Waals surface area contributed by atoms with Crippen molar-refractivity contribution in [1.29, 1.82) is 0 Å². The lowest BCUT2D eigenvalue weighted by molar-refractivity contribution is 0.0781. The van der Waals surface area contributed by atoms with E-state index in [9.17, 15) is 4.79 Å². The van der Waals surface area contributed by atoms with Gasteiger partial charge in [0.25, 0.3) is 5.91 Å². The van der Waals surface area contributed by atoms with E-state index in [0.717, 1.165) is 62.8 Å². The molecule has 0 aliphatic heterocycles. The molecular weight excluding hydrogens is 490 g/mol. The van der Waals surface area contributed by atoms with Crippen molar-refractivity contribution >= 4 is 33.5 Å². The minimum Gasteiger partial charge on any atom is -0.383 e. The Morgan fingerprint density at radius 3 is 2.56 bits per heavy atom. The first-order valence-corrected chi connectivity index (χ1v) is 13.2. The number of fused-ring (bicyclic) bond motifs is 2. The van der Waals surface area contributed by atoms with Crippen molar-refractivity contribution in [2.24, 2.45) is 0 Å². The van der Waals surface area contributed by atoms with E-state index in [1.54, 1.807) is 16.6 Å². The van der Waals surface area contributed by atoms with Gasteiger partial charge in [-0.3, -0.25) is 9.48 Å². The van der Waals surface area contributed by atoms with Crippen LogP contribution in [0.5, 0.6) is 0 Å². The topological polar surface area (TPSA) is 120 Å². The monoisotopic (exact) mass is 525 g/mol. The first-order chi connectivity index (χ1) is 18.7. The number of nitrogens with two attached hydrogens (primary N) is 1. The molecule has 2 aromatic carbocycles. The fourth-order valence-corrected chi connectivity index (χ4v) is 4.93. The van der Waals surface area contributed by atoms with Crippen LogP contribution in [0.25, 0.3) is 33.2 Å². The fourth-order valence-electron chi connectivity index (χ4n) is 4.93. The maximum absolute atomic E-state index is 13.9. The largest absolute Gasteiger partial charge is 0.383 e. The third-order valence-corrected chi connectivity index (χ3v) is 7.25. The molecule has 10 heteroatoms. The van der Waals surface area contributed by atoms with Gasteiger partial charge in [0.1, 0.15) is 11.5 Å². The van der Waals surface area contributed by atoms with Crippen molar-refractivity contribution in [3.8, 4) is 11.4 Å². The minimum atomic E-state index is -0.170. The van der Waals surface area contributed by atoms with Gasteiger partial charge in [-0.15, -0.1) is 0 Å². The van der Waals surface area contributed by atoms with Crippen molar-refractivity contribution in [3.05, 3.63) is 64.6 Å². The molecule has 0 bridgehead atoms. The van der Waals surface area contributed by atoms with Gasteiger partial charge >= 0.3 is 0 Å². The van der Waals surface area contributed by atoms with E-state index >= 15 is 0 Å². The maximum atomic E-state index is 13.9. The van der Waals surface area contributed by atoms with Crippen LogP contribution in [0.3, 0.4) is 0 Å². The third-order valence-electron chi connectivity index (χ3n) is 7.25. The maximum Gasteiger partial charge on any atom is 0.273 e. The number of rotatable bonds is 8. The zero-order valence-electron chi connectivity index (χ0n) is 23.4. The number of carbonyl (C=O) groups excluding carboxylic acids is 1. The quantitative estimate of drug-likeness (QED) is 0.316. The van der Waals surface area contributed by atoms with Gasteiger partial charge in [0, 0.05) is 54.3 Å². The summed E-state index contributed by atoms with van der Waals surface area (Å²) in [5.74, 6) is 0.910. The molecule has 0 radical (unpaired) electrons. The smallest absolute Gasteiger partial charge is 0.273 e. The van der Waals surface area contributed by atoms with E-state index in [1.165, 1.54) is 0 Å². The van der Waals surface area contributed by atoms with Gasteiger partial charge < -0.3 is 16.0 Å². The summed E-state index contributed by atoms with van der Waals surface area (Å²) in [7, 11) is 3.70. The van der Waals surface area contributed by atoms with Crippen LogP contribution >= 0.6 is 0 Å². The molecule has 202 valence electrons. The lowest BCUT2D eigenvalue weighted by atomic mass is 10.0. The standard InChI is InChI=1S/C29H35N9O/c1-7-37-19(4)20(15-32-37)16-36(6)29(39)26-22-12-17(2)8-9-24(22)33-28(34-26)21-14-23-25(13-18(21)3)35-38(27(23)30)11-10-31-5/h8-9,12-15,31H,7,10-11,16,30H2,1-6H3. The number of nitrogens with one attached hydrogen (secondary N) is 1. The van der Waals surface area contributed by atoms with Gasteiger partial charge in [0.05, 0.1) is 23.8 Å². The number of aryl methyl sites for hydroxylation is 3. The van der Waals surface area contributed by atoms with Crippen LogP contribution in [0.15, 0.2) is 36.5 Å². The van der Waals surface area contributed by atoms with E-state index < -0.39 is 0 Å². The van der Waals surface area contributed by atoms with E-state index in [4.69, 9.17) is 15.7 Å². The summed E-state index contributed by atoms with van der Waals surface area (Å²) in [6.07, 6.45) is 1.83. The highest BCUT2D eigenvalue weighted by Crippen LogP contribution is 2.31. The highest BCUT2D eigenvalue weighted by molar-refractivity contribution is 6.05. The summed E-state index contributed by atoms with van der Waals surface area (Å²) >= 11 is 0. The predicted octanol–water partition coefficient (Wildman–Crippen LogP) is 3.86. The predicted molar refractivity (Wildman–Crippen MR) is 155 cm³/mol. The molecule has 0 unspecified atom stereocenters. The first-order valence-electron chi connectivity index (χ1n) is 13.2. The normalized spacial score (nSPS) is 11.5. The van der Waals surface area contributed by atoms with Crippen molar-refractivity contribution < 1.29 is 4.79 Å². The number of hydrogen-bond donors (Lipinski definition) is 2. The van der Waals surface area contributed by atoms with Crippen molar-refractivity contribution in [1.82, 2.24) is 39.7 Å². The van der Waals surface area contributed by atoms with E-state index in [1.807, 2.05) is 69.0 Å². The van der Waals surface area contributed by atoms with Gasteiger partial charge in [0.15, 0.2) is 5.82 Å². The Kier molecular flexibility index (Phi) is 7.05. The molecule has 5 aromatic rings. The van der Waals surface area contributed by atoms with Crippen molar-refractivity contribution in [2.75, 3.05) is 26.4 Å². The number of hydrogen-bond acceptors (Lipinski definition) is 7. The van der Waals surface area contributed by atoms with Crippen LogP contribution in [-0.4, -0.2) is 61.0 Å². The van der Waals surface area contributed by atoms with E-state index in [0.29, 0.717) is 30.4 Å². The molecule has 0 saturated heterocycles. The second-order valence-corrected chi connectivity index (χ2v) is 10.0. The zero-order chi connectivity index (χ0) is 27.8. The van der Waals surface area contributed by atoms with Crippen LogP contribution in [-0.2, 0) is 19.6 Å². The SMILES string of the molecule is CCn1ncc(CN(C)C(=O)c2nc(-c3cc4c(N)n(CCNC)nc4cc3C)nc3ccc(C)cc23)c1C. The summed E-state index contributed by atoms with van der Waals surface area (Å²) in [6, 6.07) is 9.90. The molecule has 1 amide bonds. The molecule has 39 heavy (non-hydrogen) atoms. The van der Waals surface area contributed by atoms with Crippen LogP contribution in [0.2, 0.25) is 0 Å². The van der Waals surface area contributed by atoms with Crippen LogP contribution in [0.4, 0.5) is 5.82 Å². The average molecular weight is 526 g/mol. The Hall–Kier alpha value is -4.31. The van der Waals surface area contributed by atoms with Gasteiger partial charge in [-0.25, -0.2) is 14.6 Å². The fraction of sp³-hybridized carbons (Fsp3) is 0.345. The zero-order valence-corrected chi connectivity index (χ0v) is 23.4. The summed E-state index contributed by atoms with van der Waals surface area (Å²) in [6.45, 7) is 10.7. The lowest BCUT2D eigenvalue weighted by Gasteiger charge is -2.18. The Morgan fingerprint density at radius 2 is 1.85 bits per heavy atom. The molecule has 0 atom stereocenters. The highest BCUT2D eigenvalue weighted by atomic mass is 16.2. The summed E-state index contributed by atoms with van der Waals surface area (Å²) < 4.78 is 3.74. The summed E-state index contributed by atoms with van der Waals surface area (Å²) in [5.41, 5.74) is 13.3. The van der Waals surface area contributed by atoms with E-state index in [-0.39, 0.29) is 5.91 Å². The highest BCUT2D eigenvalue weighted by Gasteiger charge is 2.22. The number of anilines is 1. The molecule has 0 aliphatic rings. The summed E-state index contributed by atoms with van der Waals surface area (Å²) in [4.78, 5) is 25.3.